The van der Waals surface area contributed by atoms with Gasteiger partial charge in [0, 0.05) is 18.3 Å². The number of hydrogen-bond donors (Lipinski definition) is 0. The summed E-state index contributed by atoms with van der Waals surface area (Å²) in [5.74, 6) is 0.671. The van der Waals surface area contributed by atoms with Crippen LogP contribution in [0.1, 0.15) is 18.1 Å². The number of guanidine groups is 1. The number of allylic oxidation sites excluding steroid dienone is 1. The SMILES string of the molecule is CCN1CN=C2N=C(Cl)C(c3ccccc3C)=CN21. The first-order chi connectivity index (χ1) is 9.20. The molecule has 0 fully saturated rings. The molecule has 3 rings (SSSR count). The predicted octanol–water partition coefficient (Wildman–Crippen LogP) is 2.85. The van der Waals surface area contributed by atoms with Crippen LogP contribution in [-0.4, -0.2) is 34.4 Å². The van der Waals surface area contributed by atoms with E-state index in [4.69, 9.17) is 11.6 Å². The largest absolute Gasteiger partial charge is 0.246 e. The Bertz CT molecular complexity index is 603. The van der Waals surface area contributed by atoms with Crippen molar-refractivity contribution in [3.05, 3.63) is 41.6 Å². The first kappa shape index (κ1) is 12.4. The van der Waals surface area contributed by atoms with Gasteiger partial charge in [-0.3, -0.25) is 0 Å². The van der Waals surface area contributed by atoms with Crippen molar-refractivity contribution in [1.82, 2.24) is 10.0 Å². The molecule has 0 atom stereocenters. The molecule has 0 spiro atoms. The highest BCUT2D eigenvalue weighted by atomic mass is 35.5. The van der Waals surface area contributed by atoms with Crippen molar-refractivity contribution in [1.29, 1.82) is 0 Å². The summed E-state index contributed by atoms with van der Waals surface area (Å²) in [6.45, 7) is 5.69. The van der Waals surface area contributed by atoms with Gasteiger partial charge in [-0.25, -0.2) is 10.0 Å². The summed E-state index contributed by atoms with van der Waals surface area (Å²) in [4.78, 5) is 8.75. The van der Waals surface area contributed by atoms with Gasteiger partial charge < -0.3 is 0 Å². The van der Waals surface area contributed by atoms with Crippen molar-refractivity contribution in [2.45, 2.75) is 13.8 Å². The molecule has 0 unspecified atom stereocenters. The number of nitrogens with zero attached hydrogens (tertiary/aromatic N) is 4. The maximum absolute atomic E-state index is 6.30. The number of aryl methyl sites for hydroxylation is 1. The second-order valence-electron chi connectivity index (χ2n) is 4.53. The molecular weight excluding hydrogens is 260 g/mol. The number of hydrazine groups is 1. The molecule has 0 saturated heterocycles. The van der Waals surface area contributed by atoms with E-state index in [2.05, 4.69) is 41.0 Å². The second kappa shape index (κ2) is 4.79. The van der Waals surface area contributed by atoms with Crippen molar-refractivity contribution in [2.75, 3.05) is 13.2 Å². The third kappa shape index (κ3) is 2.07. The first-order valence-electron chi connectivity index (χ1n) is 6.31. The lowest BCUT2D eigenvalue weighted by Crippen LogP contribution is -2.38. The molecule has 2 heterocycles. The maximum Gasteiger partial charge on any atom is 0.242 e. The van der Waals surface area contributed by atoms with Crippen LogP contribution in [0.15, 0.2) is 40.5 Å². The van der Waals surface area contributed by atoms with Gasteiger partial charge in [0.2, 0.25) is 5.96 Å². The Kier molecular flexibility index (Phi) is 3.12. The Morgan fingerprint density at radius 1 is 1.32 bits per heavy atom. The minimum absolute atomic E-state index is 0.502. The molecule has 0 N–H and O–H groups in total. The van der Waals surface area contributed by atoms with Crippen molar-refractivity contribution in [3.63, 3.8) is 0 Å². The molecule has 2 aliphatic heterocycles. The zero-order valence-electron chi connectivity index (χ0n) is 11.0. The van der Waals surface area contributed by atoms with Crippen molar-refractivity contribution in [3.8, 4) is 0 Å². The van der Waals surface area contributed by atoms with Crippen molar-refractivity contribution in [2.24, 2.45) is 9.98 Å². The maximum atomic E-state index is 6.30. The normalized spacial score (nSPS) is 18.9. The van der Waals surface area contributed by atoms with E-state index in [-0.39, 0.29) is 0 Å². The standard InChI is InChI=1S/C14H15ClN4/c1-3-18-9-16-14-17-13(15)12(8-19(14)18)11-7-5-4-6-10(11)2/h4-8H,3,9H2,1-2H3. The zero-order chi connectivity index (χ0) is 13.4. The zero-order valence-corrected chi connectivity index (χ0v) is 11.7. The fraction of sp³-hybridized carbons (Fsp3) is 0.286. The lowest BCUT2D eigenvalue weighted by atomic mass is 10.0. The summed E-state index contributed by atoms with van der Waals surface area (Å²) in [5.41, 5.74) is 3.24. The number of aliphatic imine (C=N–C) groups is 2. The molecule has 0 aliphatic carbocycles. The van der Waals surface area contributed by atoms with Gasteiger partial charge in [-0.15, -0.1) is 0 Å². The Morgan fingerprint density at radius 3 is 2.84 bits per heavy atom. The van der Waals surface area contributed by atoms with Crippen LogP contribution in [0.2, 0.25) is 0 Å². The molecule has 0 amide bonds. The highest BCUT2D eigenvalue weighted by Crippen LogP contribution is 2.28. The minimum Gasteiger partial charge on any atom is -0.246 e. The van der Waals surface area contributed by atoms with E-state index in [0.717, 1.165) is 17.7 Å². The summed E-state index contributed by atoms with van der Waals surface area (Å²) in [6.07, 6.45) is 2.02. The quantitative estimate of drug-likeness (QED) is 0.830. The third-order valence-electron chi connectivity index (χ3n) is 3.36. The summed E-state index contributed by atoms with van der Waals surface area (Å²) < 4.78 is 0. The van der Waals surface area contributed by atoms with Gasteiger partial charge in [0.25, 0.3) is 0 Å². The second-order valence-corrected chi connectivity index (χ2v) is 4.89. The first-order valence-corrected chi connectivity index (χ1v) is 6.69. The molecule has 0 saturated carbocycles. The van der Waals surface area contributed by atoms with E-state index in [9.17, 15) is 0 Å². The molecule has 98 valence electrons. The van der Waals surface area contributed by atoms with Crippen LogP contribution in [0.25, 0.3) is 5.57 Å². The van der Waals surface area contributed by atoms with Gasteiger partial charge >= 0.3 is 0 Å². The molecule has 2 aliphatic rings. The van der Waals surface area contributed by atoms with Gasteiger partial charge in [-0.1, -0.05) is 42.8 Å². The fourth-order valence-corrected chi connectivity index (χ4v) is 2.50. The molecule has 1 aromatic carbocycles. The third-order valence-corrected chi connectivity index (χ3v) is 3.65. The topological polar surface area (TPSA) is 31.2 Å². The molecule has 0 aromatic heterocycles. The van der Waals surface area contributed by atoms with Gasteiger partial charge in [0.1, 0.15) is 11.8 Å². The Hall–Kier alpha value is -1.65. The van der Waals surface area contributed by atoms with Gasteiger partial charge in [0.05, 0.1) is 0 Å². The molecule has 0 bridgehead atoms. The van der Waals surface area contributed by atoms with E-state index in [1.54, 1.807) is 0 Å². The highest BCUT2D eigenvalue weighted by Gasteiger charge is 2.28. The summed E-state index contributed by atoms with van der Waals surface area (Å²) in [5, 5.41) is 4.59. The van der Waals surface area contributed by atoms with E-state index >= 15 is 0 Å². The minimum atomic E-state index is 0.502. The van der Waals surface area contributed by atoms with E-state index in [0.29, 0.717) is 17.8 Å². The van der Waals surface area contributed by atoms with Crippen LogP contribution in [-0.2, 0) is 0 Å². The highest BCUT2D eigenvalue weighted by molar-refractivity contribution is 6.77. The number of halogens is 1. The van der Waals surface area contributed by atoms with E-state index in [1.807, 2.05) is 23.3 Å². The smallest absolute Gasteiger partial charge is 0.242 e. The number of rotatable bonds is 2. The van der Waals surface area contributed by atoms with Crippen molar-refractivity contribution >= 4 is 28.3 Å². The van der Waals surface area contributed by atoms with Crippen LogP contribution >= 0.6 is 11.6 Å². The van der Waals surface area contributed by atoms with E-state index < -0.39 is 0 Å². The average Bonchev–Trinajstić information content (AvgIpc) is 2.80. The van der Waals surface area contributed by atoms with Crippen LogP contribution < -0.4 is 0 Å². The molecular formula is C14H15ClN4. The summed E-state index contributed by atoms with van der Waals surface area (Å²) >= 11 is 6.30. The molecule has 19 heavy (non-hydrogen) atoms. The van der Waals surface area contributed by atoms with Crippen LogP contribution in [0.3, 0.4) is 0 Å². The monoisotopic (exact) mass is 274 g/mol. The molecule has 5 heteroatoms. The van der Waals surface area contributed by atoms with Gasteiger partial charge in [-0.05, 0) is 18.1 Å². The molecule has 1 aromatic rings. The summed E-state index contributed by atoms with van der Waals surface area (Å²) in [7, 11) is 0. The summed E-state index contributed by atoms with van der Waals surface area (Å²) in [6, 6.07) is 8.17. The van der Waals surface area contributed by atoms with E-state index in [1.165, 1.54) is 5.56 Å². The lowest BCUT2D eigenvalue weighted by molar-refractivity contribution is 0.125. The Labute approximate surface area is 117 Å². The number of fused-ring (bicyclic) bond motifs is 1. The number of hydrogen-bond acceptors (Lipinski definition) is 4. The van der Waals surface area contributed by atoms with Crippen LogP contribution in [0.4, 0.5) is 0 Å². The van der Waals surface area contributed by atoms with Gasteiger partial charge in [-0.2, -0.15) is 10.0 Å². The van der Waals surface area contributed by atoms with Gasteiger partial charge in [0.15, 0.2) is 0 Å². The van der Waals surface area contributed by atoms with Crippen molar-refractivity contribution < 1.29 is 0 Å². The van der Waals surface area contributed by atoms with Crippen LogP contribution in [0, 0.1) is 6.92 Å². The number of benzene rings is 1. The molecule has 4 nitrogen and oxygen atoms in total. The lowest BCUT2D eigenvalue weighted by Gasteiger charge is -2.28. The average molecular weight is 275 g/mol. The molecule has 0 radical (unpaired) electrons. The van der Waals surface area contributed by atoms with Crippen LogP contribution in [0.5, 0.6) is 0 Å². The Morgan fingerprint density at radius 2 is 2.11 bits per heavy atom. The Balaban J connectivity index is 2.05. The predicted molar refractivity (Wildman–Crippen MR) is 79.0 cm³/mol. The fourth-order valence-electron chi connectivity index (χ4n) is 2.27.